The van der Waals surface area contributed by atoms with Crippen molar-refractivity contribution in [1.82, 2.24) is 9.36 Å². The zero-order chi connectivity index (χ0) is 9.30. The average molecular weight is 168 g/mol. The van der Waals surface area contributed by atoms with Gasteiger partial charge in [-0.05, 0) is 6.92 Å². The molecule has 0 amide bonds. The molecule has 4 nitrogen and oxygen atoms in total. The lowest BCUT2D eigenvalue weighted by Crippen LogP contribution is -2.17. The van der Waals surface area contributed by atoms with Crippen LogP contribution in [-0.4, -0.2) is 15.1 Å². The van der Waals surface area contributed by atoms with Gasteiger partial charge in [-0.3, -0.25) is 19.0 Å². The molecule has 0 spiro atoms. The first-order chi connectivity index (χ1) is 5.52. The van der Waals surface area contributed by atoms with Crippen LogP contribution in [0, 0.1) is 0 Å². The molecule has 0 radical (unpaired) electrons. The van der Waals surface area contributed by atoms with Crippen LogP contribution in [0.25, 0.3) is 0 Å². The van der Waals surface area contributed by atoms with Gasteiger partial charge in [0.05, 0.1) is 0 Å². The summed E-state index contributed by atoms with van der Waals surface area (Å²) in [6.45, 7) is 1.51. The van der Waals surface area contributed by atoms with Crippen molar-refractivity contribution < 1.29 is 4.79 Å². The standard InChI is InChI=1S/C8H12N2O2/c1-6(11)4-7-5-8(12)10(3)9(7)2/h5H,4H2,1-3H3. The first-order valence-corrected chi connectivity index (χ1v) is 3.73. The summed E-state index contributed by atoms with van der Waals surface area (Å²) in [6, 6.07) is 1.49. The summed E-state index contributed by atoms with van der Waals surface area (Å²) in [7, 11) is 3.44. The summed E-state index contributed by atoms with van der Waals surface area (Å²) in [5.74, 6) is 0.0659. The molecule has 0 aromatic carbocycles. The first-order valence-electron chi connectivity index (χ1n) is 3.73. The van der Waals surface area contributed by atoms with Crippen molar-refractivity contribution in [3.63, 3.8) is 0 Å². The lowest BCUT2D eigenvalue weighted by Gasteiger charge is -2.02. The van der Waals surface area contributed by atoms with Crippen molar-refractivity contribution in [1.29, 1.82) is 0 Å². The lowest BCUT2D eigenvalue weighted by atomic mass is 10.2. The van der Waals surface area contributed by atoms with Crippen LogP contribution in [-0.2, 0) is 25.3 Å². The van der Waals surface area contributed by atoms with Gasteiger partial charge in [0, 0.05) is 32.3 Å². The van der Waals surface area contributed by atoms with E-state index in [1.165, 1.54) is 17.7 Å². The maximum absolute atomic E-state index is 11.1. The Hall–Kier alpha value is -1.32. The minimum Gasteiger partial charge on any atom is -0.300 e. The molecule has 0 aliphatic carbocycles. The van der Waals surface area contributed by atoms with Gasteiger partial charge in [-0.25, -0.2) is 0 Å². The Morgan fingerprint density at radius 1 is 1.42 bits per heavy atom. The summed E-state index contributed by atoms with van der Waals surface area (Å²) in [6.07, 6.45) is 0.326. The predicted octanol–water partition coefficient (Wildman–Crippen LogP) is -0.145. The Morgan fingerprint density at radius 2 is 2.00 bits per heavy atom. The molecule has 0 saturated heterocycles. The molecule has 1 aromatic rings. The fraction of sp³-hybridized carbons (Fsp3) is 0.500. The van der Waals surface area contributed by atoms with E-state index in [0.717, 1.165) is 5.69 Å². The normalized spacial score (nSPS) is 10.2. The fourth-order valence-corrected chi connectivity index (χ4v) is 1.09. The molecule has 0 fully saturated rings. The van der Waals surface area contributed by atoms with Crippen molar-refractivity contribution in [2.45, 2.75) is 13.3 Å². The molecule has 0 unspecified atom stereocenters. The molecule has 1 heterocycles. The highest BCUT2D eigenvalue weighted by molar-refractivity contribution is 5.77. The first kappa shape index (κ1) is 8.77. The van der Waals surface area contributed by atoms with Crippen LogP contribution < -0.4 is 5.56 Å². The van der Waals surface area contributed by atoms with E-state index in [9.17, 15) is 9.59 Å². The Kier molecular flexibility index (Phi) is 2.17. The third-order valence-corrected chi connectivity index (χ3v) is 1.90. The van der Waals surface area contributed by atoms with Crippen LogP contribution in [0.15, 0.2) is 10.9 Å². The molecule has 66 valence electrons. The third kappa shape index (κ3) is 1.47. The van der Waals surface area contributed by atoms with E-state index in [4.69, 9.17) is 0 Å². The number of carbonyl (C=O) groups excluding carboxylic acids is 1. The molecule has 0 N–H and O–H groups in total. The van der Waals surface area contributed by atoms with E-state index in [1.807, 2.05) is 0 Å². The molecular weight excluding hydrogens is 156 g/mol. The molecule has 0 atom stereocenters. The van der Waals surface area contributed by atoms with Crippen molar-refractivity contribution in [2.75, 3.05) is 0 Å². The number of aromatic nitrogens is 2. The minimum absolute atomic E-state index is 0.0659. The highest BCUT2D eigenvalue weighted by Gasteiger charge is 2.05. The molecule has 0 bridgehead atoms. The van der Waals surface area contributed by atoms with Gasteiger partial charge in [0.1, 0.15) is 5.78 Å². The summed E-state index contributed by atoms with van der Waals surface area (Å²) in [5.41, 5.74) is 0.684. The maximum atomic E-state index is 11.1. The average Bonchev–Trinajstić information content (AvgIpc) is 2.17. The van der Waals surface area contributed by atoms with Gasteiger partial charge in [0.25, 0.3) is 5.56 Å². The molecule has 1 rings (SSSR count). The Bertz CT molecular complexity index is 360. The molecule has 1 aromatic heterocycles. The van der Waals surface area contributed by atoms with E-state index in [0.29, 0.717) is 6.42 Å². The molecule has 12 heavy (non-hydrogen) atoms. The number of carbonyl (C=O) groups is 1. The van der Waals surface area contributed by atoms with E-state index >= 15 is 0 Å². The van der Waals surface area contributed by atoms with E-state index in [1.54, 1.807) is 18.8 Å². The highest BCUT2D eigenvalue weighted by atomic mass is 16.1. The van der Waals surface area contributed by atoms with Crippen LogP contribution in [0.2, 0.25) is 0 Å². The minimum atomic E-state index is -0.0752. The SMILES string of the molecule is CC(=O)Cc1cc(=O)n(C)n1C. The van der Waals surface area contributed by atoms with Crippen LogP contribution in [0.5, 0.6) is 0 Å². The lowest BCUT2D eigenvalue weighted by molar-refractivity contribution is -0.116. The second-order valence-corrected chi connectivity index (χ2v) is 2.90. The van der Waals surface area contributed by atoms with E-state index in [-0.39, 0.29) is 11.3 Å². The third-order valence-electron chi connectivity index (χ3n) is 1.90. The number of nitrogens with zero attached hydrogens (tertiary/aromatic N) is 2. The summed E-state index contributed by atoms with van der Waals surface area (Å²) in [5, 5.41) is 0. The van der Waals surface area contributed by atoms with Crippen LogP contribution >= 0.6 is 0 Å². The molecule has 4 heteroatoms. The topological polar surface area (TPSA) is 44.0 Å². The summed E-state index contributed by atoms with van der Waals surface area (Å²) >= 11 is 0. The second-order valence-electron chi connectivity index (χ2n) is 2.90. The maximum Gasteiger partial charge on any atom is 0.266 e. The predicted molar refractivity (Wildman–Crippen MR) is 45.0 cm³/mol. The molecule has 0 aliphatic heterocycles. The zero-order valence-electron chi connectivity index (χ0n) is 7.50. The largest absolute Gasteiger partial charge is 0.300 e. The monoisotopic (exact) mass is 168 g/mol. The van der Waals surface area contributed by atoms with Crippen LogP contribution in [0.1, 0.15) is 12.6 Å². The van der Waals surface area contributed by atoms with E-state index < -0.39 is 0 Å². The summed E-state index contributed by atoms with van der Waals surface area (Å²) in [4.78, 5) is 21.8. The molecule has 0 saturated carbocycles. The Morgan fingerprint density at radius 3 is 2.33 bits per heavy atom. The number of ketones is 1. The highest BCUT2D eigenvalue weighted by Crippen LogP contribution is 1.96. The van der Waals surface area contributed by atoms with Crippen molar-refractivity contribution in [3.8, 4) is 0 Å². The molecular formula is C8H12N2O2. The smallest absolute Gasteiger partial charge is 0.266 e. The van der Waals surface area contributed by atoms with Gasteiger partial charge in [-0.2, -0.15) is 0 Å². The van der Waals surface area contributed by atoms with Crippen LogP contribution in [0.4, 0.5) is 0 Å². The van der Waals surface area contributed by atoms with Crippen LogP contribution in [0.3, 0.4) is 0 Å². The quantitative estimate of drug-likeness (QED) is 0.616. The van der Waals surface area contributed by atoms with Gasteiger partial charge in [-0.1, -0.05) is 0 Å². The van der Waals surface area contributed by atoms with Crippen molar-refractivity contribution in [3.05, 3.63) is 22.1 Å². The Labute approximate surface area is 70.4 Å². The Balaban J connectivity index is 3.09. The van der Waals surface area contributed by atoms with Gasteiger partial charge < -0.3 is 0 Å². The fourth-order valence-electron chi connectivity index (χ4n) is 1.09. The number of rotatable bonds is 2. The molecule has 0 aliphatic rings. The van der Waals surface area contributed by atoms with Gasteiger partial charge >= 0.3 is 0 Å². The van der Waals surface area contributed by atoms with Gasteiger partial charge in [0.15, 0.2) is 0 Å². The number of hydrogen-bond acceptors (Lipinski definition) is 2. The van der Waals surface area contributed by atoms with Crippen molar-refractivity contribution >= 4 is 5.78 Å². The van der Waals surface area contributed by atoms with Crippen molar-refractivity contribution in [2.24, 2.45) is 14.1 Å². The van der Waals surface area contributed by atoms with Gasteiger partial charge in [-0.15, -0.1) is 0 Å². The second kappa shape index (κ2) is 2.97. The van der Waals surface area contributed by atoms with E-state index in [2.05, 4.69) is 0 Å². The zero-order valence-corrected chi connectivity index (χ0v) is 7.50. The number of hydrogen-bond donors (Lipinski definition) is 0. The number of Topliss-reactive ketones (excluding diaryl/α,β-unsaturated/α-hetero) is 1. The van der Waals surface area contributed by atoms with Gasteiger partial charge in [0.2, 0.25) is 0 Å². The summed E-state index contributed by atoms with van der Waals surface area (Å²) < 4.78 is 3.15.